The van der Waals surface area contributed by atoms with Gasteiger partial charge in [-0.05, 0) is 12.3 Å². The van der Waals surface area contributed by atoms with Crippen molar-refractivity contribution in [2.45, 2.75) is 64.1 Å². The minimum atomic E-state index is -1.74. The third-order valence-corrected chi connectivity index (χ3v) is 4.31. The van der Waals surface area contributed by atoms with E-state index in [-0.39, 0.29) is 31.5 Å². The van der Waals surface area contributed by atoms with E-state index in [4.69, 9.17) is 21.1 Å². The van der Waals surface area contributed by atoms with E-state index in [1.54, 1.807) is 6.92 Å². The molecular weight excluding hydrogens is 398 g/mol. The van der Waals surface area contributed by atoms with E-state index in [0.717, 1.165) is 4.90 Å². The lowest BCUT2D eigenvalue weighted by Gasteiger charge is -2.44. The first-order valence-electron chi connectivity index (χ1n) is 9.16. The third kappa shape index (κ3) is 6.21. The number of nitrogens with zero attached hydrogens (tertiary/aromatic N) is 3. The summed E-state index contributed by atoms with van der Waals surface area (Å²) in [6.45, 7) is 5.50. The molecule has 1 unspecified atom stereocenters. The summed E-state index contributed by atoms with van der Waals surface area (Å²) in [4.78, 5) is 24.3. The molecule has 1 aliphatic heterocycles. The molecule has 28 heavy (non-hydrogen) atoms. The van der Waals surface area contributed by atoms with Gasteiger partial charge in [-0.2, -0.15) is 5.01 Å². The second-order valence-electron chi connectivity index (χ2n) is 6.95. The van der Waals surface area contributed by atoms with E-state index in [1.165, 1.54) is 0 Å². The summed E-state index contributed by atoms with van der Waals surface area (Å²) < 4.78 is 10.9. The van der Waals surface area contributed by atoms with Gasteiger partial charge in [0, 0.05) is 12.4 Å². The number of amides is 2. The standard InChI is InChI=1S/C16H30ClN3O8/c1-4-6-19(16(25)20(18-26)7-5-17)14(24)13-11(22)10(21)12(23)15(28-13)27-8-9(2)3/h9-15,21-24H,4-8H2,1-3H3/t10-,11-,12+,13-,14?,15-/m0/s1. The monoisotopic (exact) mass is 427 g/mol. The van der Waals surface area contributed by atoms with Crippen molar-refractivity contribution in [3.63, 3.8) is 0 Å². The molecule has 0 aromatic carbocycles. The highest BCUT2D eigenvalue weighted by molar-refractivity contribution is 6.18. The van der Waals surface area contributed by atoms with Crippen LogP contribution in [-0.2, 0) is 9.47 Å². The van der Waals surface area contributed by atoms with Gasteiger partial charge in [-0.3, -0.25) is 4.90 Å². The van der Waals surface area contributed by atoms with Gasteiger partial charge in [0.1, 0.15) is 24.4 Å². The Balaban J connectivity index is 3.02. The third-order valence-electron chi connectivity index (χ3n) is 4.14. The molecule has 0 bridgehead atoms. The smallest absolute Gasteiger partial charge is 0.345 e. The molecule has 1 saturated heterocycles. The number of ether oxygens (including phenoxy) is 2. The number of aliphatic hydroxyl groups is 4. The van der Waals surface area contributed by atoms with Crippen molar-refractivity contribution in [2.75, 3.05) is 25.6 Å². The minimum Gasteiger partial charge on any atom is -0.387 e. The quantitative estimate of drug-likeness (QED) is 0.162. The minimum absolute atomic E-state index is 0.0110. The largest absolute Gasteiger partial charge is 0.387 e. The van der Waals surface area contributed by atoms with Gasteiger partial charge in [-0.1, -0.05) is 20.8 Å². The van der Waals surface area contributed by atoms with Crippen molar-refractivity contribution in [2.24, 2.45) is 11.2 Å². The van der Waals surface area contributed by atoms with Crippen molar-refractivity contribution in [1.29, 1.82) is 0 Å². The summed E-state index contributed by atoms with van der Waals surface area (Å²) in [5, 5.41) is 44.3. The molecule has 0 spiro atoms. The number of nitroso groups, excluding NO2 is 1. The van der Waals surface area contributed by atoms with E-state index in [1.807, 2.05) is 13.8 Å². The van der Waals surface area contributed by atoms with E-state index in [0.29, 0.717) is 11.4 Å². The molecule has 1 heterocycles. The summed E-state index contributed by atoms with van der Waals surface area (Å²) in [5.74, 6) is 0.0515. The van der Waals surface area contributed by atoms with Crippen LogP contribution < -0.4 is 0 Å². The number of carbonyl (C=O) groups is 1. The highest BCUT2D eigenvalue weighted by atomic mass is 35.5. The maximum atomic E-state index is 12.5. The predicted molar refractivity (Wildman–Crippen MR) is 99.1 cm³/mol. The fourth-order valence-corrected chi connectivity index (χ4v) is 2.86. The Morgan fingerprint density at radius 2 is 1.86 bits per heavy atom. The SMILES string of the molecule is CCCN(C(=O)N(CCCl)N=O)C(O)[C@H]1O[C@H](OCC(C)C)[C@H](O)[C@@H](O)[C@@H]1O. The van der Waals surface area contributed by atoms with Crippen LogP contribution in [0.3, 0.4) is 0 Å². The number of aliphatic hydroxyl groups excluding tert-OH is 4. The van der Waals surface area contributed by atoms with Crippen LogP contribution in [-0.4, -0.2) is 98.9 Å². The first-order valence-corrected chi connectivity index (χ1v) is 9.69. The van der Waals surface area contributed by atoms with Crippen molar-refractivity contribution in [3.05, 3.63) is 4.91 Å². The summed E-state index contributed by atoms with van der Waals surface area (Å²) in [7, 11) is 0. The normalized spacial score (nSPS) is 28.8. The van der Waals surface area contributed by atoms with Crippen LogP contribution in [0, 0.1) is 10.8 Å². The maximum absolute atomic E-state index is 12.5. The van der Waals surface area contributed by atoms with E-state index >= 15 is 0 Å². The van der Waals surface area contributed by atoms with Crippen LogP contribution >= 0.6 is 11.6 Å². The lowest BCUT2D eigenvalue weighted by molar-refractivity contribution is -0.319. The maximum Gasteiger partial charge on any atom is 0.345 e. The van der Waals surface area contributed by atoms with Crippen LogP contribution in [0.5, 0.6) is 0 Å². The Hall–Kier alpha value is -1.08. The van der Waals surface area contributed by atoms with Gasteiger partial charge in [0.05, 0.1) is 18.4 Å². The molecule has 0 saturated carbocycles. The van der Waals surface area contributed by atoms with Gasteiger partial charge in [0.25, 0.3) is 0 Å². The van der Waals surface area contributed by atoms with Gasteiger partial charge < -0.3 is 29.9 Å². The molecule has 11 nitrogen and oxygen atoms in total. The van der Waals surface area contributed by atoms with Crippen molar-refractivity contribution in [3.8, 4) is 0 Å². The van der Waals surface area contributed by atoms with Crippen LogP contribution in [0.15, 0.2) is 5.29 Å². The second-order valence-corrected chi connectivity index (χ2v) is 7.33. The first-order chi connectivity index (χ1) is 13.2. The van der Waals surface area contributed by atoms with Crippen molar-refractivity contribution < 1.29 is 34.7 Å². The van der Waals surface area contributed by atoms with Gasteiger partial charge in [0.15, 0.2) is 12.5 Å². The van der Waals surface area contributed by atoms with Gasteiger partial charge in [-0.25, -0.2) is 4.79 Å². The topological polar surface area (TPSA) is 152 Å². The number of urea groups is 1. The molecule has 12 heteroatoms. The Kier molecular flexibility index (Phi) is 10.5. The number of hydrogen-bond donors (Lipinski definition) is 4. The van der Waals surface area contributed by atoms with Crippen molar-refractivity contribution >= 4 is 17.6 Å². The number of hydrogen-bond acceptors (Lipinski definition) is 9. The Morgan fingerprint density at radius 1 is 1.21 bits per heavy atom. The van der Waals surface area contributed by atoms with E-state index in [2.05, 4.69) is 5.29 Å². The lowest BCUT2D eigenvalue weighted by Crippen LogP contribution is -2.65. The zero-order valence-corrected chi connectivity index (χ0v) is 17.0. The molecule has 1 rings (SSSR count). The highest BCUT2D eigenvalue weighted by Gasteiger charge is 2.49. The zero-order valence-electron chi connectivity index (χ0n) is 16.2. The molecule has 4 N–H and O–H groups in total. The van der Waals surface area contributed by atoms with Crippen LogP contribution in [0.25, 0.3) is 0 Å². The summed E-state index contributed by atoms with van der Waals surface area (Å²) >= 11 is 5.55. The Morgan fingerprint density at radius 3 is 2.36 bits per heavy atom. The van der Waals surface area contributed by atoms with Crippen LogP contribution in [0.4, 0.5) is 4.79 Å². The molecule has 164 valence electrons. The number of rotatable bonds is 10. The molecule has 6 atom stereocenters. The number of carbonyl (C=O) groups excluding carboxylic acids is 1. The molecule has 1 aliphatic rings. The summed E-state index contributed by atoms with van der Waals surface area (Å²) in [5.41, 5.74) is 0. The molecular formula is C16H30ClN3O8. The Bertz CT molecular complexity index is 501. The first kappa shape index (κ1) is 25.0. The van der Waals surface area contributed by atoms with Crippen molar-refractivity contribution in [1.82, 2.24) is 9.91 Å². The lowest BCUT2D eigenvalue weighted by atomic mass is 9.97. The van der Waals surface area contributed by atoms with E-state index in [9.17, 15) is 30.1 Å². The molecule has 0 aromatic heterocycles. The fourth-order valence-electron chi connectivity index (χ4n) is 2.70. The summed E-state index contributed by atoms with van der Waals surface area (Å²) in [6.07, 6.45) is -9.06. The van der Waals surface area contributed by atoms with Gasteiger partial charge in [-0.15, -0.1) is 16.5 Å². The van der Waals surface area contributed by atoms with Gasteiger partial charge in [0.2, 0.25) is 0 Å². The zero-order chi connectivity index (χ0) is 21.4. The van der Waals surface area contributed by atoms with Crippen LogP contribution in [0.2, 0.25) is 0 Å². The second kappa shape index (κ2) is 11.8. The average molecular weight is 428 g/mol. The predicted octanol–water partition coefficient (Wildman–Crippen LogP) is -0.161. The Labute approximate surface area is 168 Å². The summed E-state index contributed by atoms with van der Waals surface area (Å²) in [6, 6.07) is -0.930. The number of alkyl halides is 1. The fraction of sp³-hybridized carbons (Fsp3) is 0.938. The number of halogens is 1. The van der Waals surface area contributed by atoms with Gasteiger partial charge >= 0.3 is 6.03 Å². The molecule has 0 aromatic rings. The van der Waals surface area contributed by atoms with Crippen LogP contribution in [0.1, 0.15) is 27.2 Å². The molecule has 2 amide bonds. The van der Waals surface area contributed by atoms with E-state index < -0.39 is 43.0 Å². The molecule has 0 radical (unpaired) electrons. The highest BCUT2D eigenvalue weighted by Crippen LogP contribution is 2.26. The molecule has 1 fully saturated rings. The molecule has 0 aliphatic carbocycles. The average Bonchev–Trinajstić information content (AvgIpc) is 2.66.